The molecule has 0 spiro atoms. The van der Waals surface area contributed by atoms with Gasteiger partial charge in [0.2, 0.25) is 0 Å². The van der Waals surface area contributed by atoms with Crippen molar-refractivity contribution in [2.45, 2.75) is 32.1 Å². The molecule has 0 saturated heterocycles. The number of nitrogens with one attached hydrogen (secondary N) is 1. The molecule has 0 unspecified atom stereocenters. The predicted molar refractivity (Wildman–Crippen MR) is 110 cm³/mol. The van der Waals surface area contributed by atoms with Gasteiger partial charge in [0.05, 0.1) is 0 Å². The van der Waals surface area contributed by atoms with Crippen LogP contribution in [0.3, 0.4) is 0 Å². The maximum atomic E-state index is 9.25. The molecule has 0 fully saturated rings. The van der Waals surface area contributed by atoms with Gasteiger partial charge in [-0.25, -0.2) is 0 Å². The Morgan fingerprint density at radius 1 is 1.08 bits per heavy atom. The zero-order valence-corrected chi connectivity index (χ0v) is 16.0. The Balaban J connectivity index is 0.00000208. The number of nitrogens with zero attached hydrogens (tertiary/aromatic N) is 1. The first-order chi connectivity index (χ1) is 11.2. The number of aromatic hydroxyl groups is 1. The summed E-state index contributed by atoms with van der Waals surface area (Å²) in [6.07, 6.45) is 5.46. The molecule has 3 rings (SSSR count). The van der Waals surface area contributed by atoms with Crippen LogP contribution in [0.15, 0.2) is 47.5 Å². The maximum absolute atomic E-state index is 9.25. The maximum Gasteiger partial charge on any atom is 0.193 e. The van der Waals surface area contributed by atoms with Crippen LogP contribution >= 0.6 is 24.0 Å². The van der Waals surface area contributed by atoms with Crippen molar-refractivity contribution in [1.29, 1.82) is 0 Å². The zero-order chi connectivity index (χ0) is 16.1. The Bertz CT molecular complexity index is 698. The Labute approximate surface area is 160 Å². The number of guanidine groups is 1. The zero-order valence-electron chi connectivity index (χ0n) is 13.7. The van der Waals surface area contributed by atoms with Gasteiger partial charge in [-0.05, 0) is 73.1 Å². The number of phenols is 1. The lowest BCUT2D eigenvalue weighted by Gasteiger charge is -2.08. The van der Waals surface area contributed by atoms with Gasteiger partial charge in [-0.3, -0.25) is 4.99 Å². The summed E-state index contributed by atoms with van der Waals surface area (Å²) in [7, 11) is 0. The summed E-state index contributed by atoms with van der Waals surface area (Å²) in [4.78, 5) is 4.38. The SMILES string of the molecule is I.NC(=NCCCc1ccc(O)cc1)Nc1ccc2c(c1)CCC2. The van der Waals surface area contributed by atoms with Crippen molar-refractivity contribution in [2.75, 3.05) is 11.9 Å². The fraction of sp³-hybridized carbons (Fsp3) is 0.316. The third-order valence-electron chi connectivity index (χ3n) is 4.21. The summed E-state index contributed by atoms with van der Waals surface area (Å²) < 4.78 is 0. The first-order valence-electron chi connectivity index (χ1n) is 8.17. The quantitative estimate of drug-likeness (QED) is 0.288. The van der Waals surface area contributed by atoms with E-state index in [1.165, 1.54) is 29.5 Å². The minimum absolute atomic E-state index is 0. The molecule has 4 N–H and O–H groups in total. The molecule has 2 aromatic carbocycles. The molecule has 0 bridgehead atoms. The monoisotopic (exact) mass is 437 g/mol. The van der Waals surface area contributed by atoms with Crippen molar-refractivity contribution in [3.8, 4) is 5.75 Å². The second-order valence-electron chi connectivity index (χ2n) is 6.00. The smallest absolute Gasteiger partial charge is 0.193 e. The van der Waals surface area contributed by atoms with Crippen molar-refractivity contribution in [2.24, 2.45) is 10.7 Å². The van der Waals surface area contributed by atoms with Crippen LogP contribution in [0.5, 0.6) is 5.75 Å². The molecule has 0 radical (unpaired) electrons. The summed E-state index contributed by atoms with van der Waals surface area (Å²) in [6.45, 7) is 0.685. The number of benzene rings is 2. The standard InChI is InChI=1S/C19H23N3O.HI/c20-19(21-12-2-3-14-6-10-18(23)11-7-14)22-17-9-8-15-4-1-5-16(15)13-17;/h6-11,13,23H,1-5,12H2,(H3,20,21,22);1H. The first-order valence-corrected chi connectivity index (χ1v) is 8.17. The highest BCUT2D eigenvalue weighted by Crippen LogP contribution is 2.24. The molecule has 0 amide bonds. The van der Waals surface area contributed by atoms with Crippen LogP contribution < -0.4 is 11.1 Å². The van der Waals surface area contributed by atoms with Gasteiger partial charge in [-0.2, -0.15) is 0 Å². The number of halogens is 1. The molecule has 0 atom stereocenters. The van der Waals surface area contributed by atoms with Crippen molar-refractivity contribution in [3.05, 3.63) is 59.2 Å². The van der Waals surface area contributed by atoms with Crippen LogP contribution in [0.1, 0.15) is 29.5 Å². The molecule has 1 aliphatic rings. The fourth-order valence-electron chi connectivity index (χ4n) is 2.98. The highest BCUT2D eigenvalue weighted by atomic mass is 127. The van der Waals surface area contributed by atoms with Gasteiger partial charge >= 0.3 is 0 Å². The molecule has 0 heterocycles. The van der Waals surface area contributed by atoms with Gasteiger partial charge in [0, 0.05) is 12.2 Å². The van der Waals surface area contributed by atoms with Gasteiger partial charge in [0.1, 0.15) is 5.75 Å². The van der Waals surface area contributed by atoms with Crippen LogP contribution in [0.2, 0.25) is 0 Å². The second kappa shape index (κ2) is 8.92. The lowest BCUT2D eigenvalue weighted by atomic mass is 10.1. The molecule has 1 aliphatic carbocycles. The molecule has 0 aromatic heterocycles. The molecule has 0 saturated carbocycles. The van der Waals surface area contributed by atoms with Crippen LogP contribution in [-0.2, 0) is 19.3 Å². The van der Waals surface area contributed by atoms with Gasteiger partial charge in [-0.15, -0.1) is 24.0 Å². The average molecular weight is 437 g/mol. The van der Waals surface area contributed by atoms with E-state index < -0.39 is 0 Å². The fourth-order valence-corrected chi connectivity index (χ4v) is 2.98. The topological polar surface area (TPSA) is 70.6 Å². The van der Waals surface area contributed by atoms with Crippen molar-refractivity contribution < 1.29 is 5.11 Å². The van der Waals surface area contributed by atoms with E-state index in [9.17, 15) is 5.11 Å². The van der Waals surface area contributed by atoms with E-state index in [-0.39, 0.29) is 24.0 Å². The summed E-state index contributed by atoms with van der Waals surface area (Å²) in [5.74, 6) is 0.767. The van der Waals surface area contributed by atoms with E-state index in [1.54, 1.807) is 12.1 Å². The molecule has 128 valence electrons. The van der Waals surface area contributed by atoms with E-state index in [1.807, 2.05) is 12.1 Å². The van der Waals surface area contributed by atoms with Gasteiger partial charge in [-0.1, -0.05) is 18.2 Å². The summed E-state index contributed by atoms with van der Waals surface area (Å²) in [5.41, 5.74) is 11.1. The Morgan fingerprint density at radius 3 is 2.62 bits per heavy atom. The van der Waals surface area contributed by atoms with Crippen molar-refractivity contribution >= 4 is 35.6 Å². The molecule has 5 heteroatoms. The van der Waals surface area contributed by atoms with Crippen LogP contribution in [-0.4, -0.2) is 17.6 Å². The summed E-state index contributed by atoms with van der Waals surface area (Å²) in [5, 5.41) is 12.4. The molecule has 4 nitrogen and oxygen atoms in total. The molecular formula is C19H24IN3O. The summed E-state index contributed by atoms with van der Waals surface area (Å²) >= 11 is 0. The highest BCUT2D eigenvalue weighted by Gasteiger charge is 2.10. The Hall–Kier alpha value is -1.76. The van der Waals surface area contributed by atoms with Gasteiger partial charge in [0.25, 0.3) is 0 Å². The number of anilines is 1. The number of rotatable bonds is 5. The number of aryl methyl sites for hydroxylation is 3. The lowest BCUT2D eigenvalue weighted by molar-refractivity contribution is 0.475. The van der Waals surface area contributed by atoms with E-state index in [4.69, 9.17) is 5.73 Å². The van der Waals surface area contributed by atoms with Gasteiger partial charge < -0.3 is 16.2 Å². The van der Waals surface area contributed by atoms with Crippen molar-refractivity contribution in [1.82, 2.24) is 0 Å². The minimum Gasteiger partial charge on any atom is -0.508 e. The lowest BCUT2D eigenvalue weighted by Crippen LogP contribution is -2.23. The Morgan fingerprint density at radius 2 is 1.83 bits per heavy atom. The van der Waals surface area contributed by atoms with E-state index >= 15 is 0 Å². The molecule has 24 heavy (non-hydrogen) atoms. The Kier molecular flexibility index (Phi) is 6.90. The highest BCUT2D eigenvalue weighted by molar-refractivity contribution is 14.0. The van der Waals surface area contributed by atoms with Crippen LogP contribution in [0.4, 0.5) is 5.69 Å². The van der Waals surface area contributed by atoms with E-state index in [2.05, 4.69) is 28.5 Å². The van der Waals surface area contributed by atoms with Crippen LogP contribution in [0, 0.1) is 0 Å². The number of hydrogen-bond donors (Lipinski definition) is 3. The second-order valence-corrected chi connectivity index (χ2v) is 6.00. The summed E-state index contributed by atoms with van der Waals surface area (Å²) in [6, 6.07) is 13.7. The van der Waals surface area contributed by atoms with Crippen LogP contribution in [0.25, 0.3) is 0 Å². The number of nitrogens with two attached hydrogens (primary N) is 1. The van der Waals surface area contributed by atoms with E-state index in [0.717, 1.165) is 24.9 Å². The number of fused-ring (bicyclic) bond motifs is 1. The third-order valence-corrected chi connectivity index (χ3v) is 4.21. The van der Waals surface area contributed by atoms with Gasteiger partial charge in [0.15, 0.2) is 5.96 Å². The average Bonchev–Trinajstić information content (AvgIpc) is 3.01. The number of aliphatic imine (C=N–C) groups is 1. The predicted octanol–water partition coefficient (Wildman–Crippen LogP) is 3.86. The normalized spacial score (nSPS) is 13.2. The molecule has 2 aromatic rings. The van der Waals surface area contributed by atoms with E-state index in [0.29, 0.717) is 18.3 Å². The number of hydrogen-bond acceptors (Lipinski definition) is 2. The molecular weight excluding hydrogens is 413 g/mol. The van der Waals surface area contributed by atoms with Crippen molar-refractivity contribution in [3.63, 3.8) is 0 Å². The minimum atomic E-state index is 0. The third kappa shape index (κ3) is 5.12. The largest absolute Gasteiger partial charge is 0.508 e. The molecule has 0 aliphatic heterocycles. The first kappa shape index (κ1) is 18.6. The number of phenolic OH excluding ortho intramolecular Hbond substituents is 1.